The summed E-state index contributed by atoms with van der Waals surface area (Å²) >= 11 is 1.66. The molecule has 0 aliphatic carbocycles. The van der Waals surface area contributed by atoms with Crippen molar-refractivity contribution < 1.29 is 14.4 Å². The first-order valence-corrected chi connectivity index (χ1v) is 9.74. The number of allylic oxidation sites excluding steroid dienone is 1. The summed E-state index contributed by atoms with van der Waals surface area (Å²) in [6, 6.07) is 17.9. The number of nitrogens with zero attached hydrogens (tertiary/aromatic N) is 1. The number of thioether (sulfide) groups is 1. The molecule has 0 aromatic heterocycles. The molecule has 2 aromatic carbocycles. The zero-order valence-corrected chi connectivity index (χ0v) is 16.2. The fourth-order valence-corrected chi connectivity index (χ4v) is 4.16. The normalized spacial score (nSPS) is 20.4. The smallest absolute Gasteiger partial charge is 0.278 e. The molecule has 0 unspecified atom stereocenters. The van der Waals surface area contributed by atoms with Crippen LogP contribution in [0.2, 0.25) is 0 Å². The number of para-hydroxylation sites is 1. The van der Waals surface area contributed by atoms with Crippen molar-refractivity contribution in [3.63, 3.8) is 0 Å². The molecule has 136 valence electrons. The van der Waals surface area contributed by atoms with E-state index in [4.69, 9.17) is 4.74 Å². The molecule has 1 aliphatic rings. The van der Waals surface area contributed by atoms with E-state index in [9.17, 15) is 5.11 Å². The number of ether oxygens (including phenoxy) is 1. The first-order chi connectivity index (χ1) is 12.5. The highest BCUT2D eigenvalue weighted by Gasteiger charge is 2.44. The van der Waals surface area contributed by atoms with E-state index in [2.05, 4.69) is 11.4 Å². The zero-order chi connectivity index (χ0) is 18.6. The quantitative estimate of drug-likeness (QED) is 0.731. The molecule has 0 saturated carbocycles. The molecule has 2 aromatic rings. The second kappa shape index (κ2) is 7.98. The van der Waals surface area contributed by atoms with Crippen molar-refractivity contribution in [2.45, 2.75) is 26.5 Å². The second-order valence-electron chi connectivity index (χ2n) is 6.42. The molecular formula is C21H25N2O2S+. The number of aliphatic hydroxyl groups is 1. The van der Waals surface area contributed by atoms with E-state index >= 15 is 0 Å². The summed E-state index contributed by atoms with van der Waals surface area (Å²) in [6.45, 7) is 6.52. The third-order valence-electron chi connectivity index (χ3n) is 4.06. The lowest BCUT2D eigenvalue weighted by Crippen LogP contribution is -2.36. The van der Waals surface area contributed by atoms with Crippen molar-refractivity contribution >= 4 is 28.2 Å². The van der Waals surface area contributed by atoms with Crippen LogP contribution in [0.15, 0.2) is 66.4 Å². The van der Waals surface area contributed by atoms with Gasteiger partial charge in [-0.3, -0.25) is 0 Å². The Bertz CT molecular complexity index is 812. The molecule has 0 fully saturated rings. The summed E-state index contributed by atoms with van der Waals surface area (Å²) in [5.41, 5.74) is 2.10. The van der Waals surface area contributed by atoms with Crippen molar-refractivity contribution in [1.82, 2.24) is 0 Å². The van der Waals surface area contributed by atoms with Gasteiger partial charge in [0.15, 0.2) is 0 Å². The predicted octanol–water partition coefficient (Wildman–Crippen LogP) is 4.60. The zero-order valence-electron chi connectivity index (χ0n) is 15.4. The van der Waals surface area contributed by atoms with Gasteiger partial charge in [-0.15, -0.1) is 0 Å². The lowest BCUT2D eigenvalue weighted by molar-refractivity contribution is -0.574. The van der Waals surface area contributed by atoms with Gasteiger partial charge in [-0.05, 0) is 49.9 Å². The molecule has 3 rings (SSSR count). The Morgan fingerprint density at radius 2 is 1.92 bits per heavy atom. The fraction of sp³-hybridized carbons (Fsp3) is 0.286. The van der Waals surface area contributed by atoms with Crippen LogP contribution < -0.4 is 10.1 Å². The minimum atomic E-state index is -0.905. The number of hydrogen-bond acceptors (Lipinski definition) is 4. The summed E-state index contributed by atoms with van der Waals surface area (Å²) in [7, 11) is 0. The van der Waals surface area contributed by atoms with Crippen molar-refractivity contribution in [1.29, 1.82) is 0 Å². The summed E-state index contributed by atoms with van der Waals surface area (Å²) in [5, 5.41) is 15.2. The minimum Gasteiger partial charge on any atom is -0.494 e. The van der Waals surface area contributed by atoms with Gasteiger partial charge in [0.25, 0.3) is 5.72 Å². The van der Waals surface area contributed by atoms with Crippen molar-refractivity contribution in [2.24, 2.45) is 0 Å². The number of benzene rings is 2. The average Bonchev–Trinajstić information content (AvgIpc) is 2.92. The molecule has 0 radical (unpaired) electrons. The largest absolute Gasteiger partial charge is 0.494 e. The predicted molar refractivity (Wildman–Crippen MR) is 109 cm³/mol. The first-order valence-electron chi connectivity index (χ1n) is 8.75. The van der Waals surface area contributed by atoms with Gasteiger partial charge in [-0.2, -0.15) is 4.58 Å². The Morgan fingerprint density at radius 1 is 1.23 bits per heavy atom. The molecule has 1 aliphatic heterocycles. The molecule has 2 N–H and O–H groups in total. The molecule has 1 atom stereocenters. The maximum atomic E-state index is 10.8. The van der Waals surface area contributed by atoms with Crippen LogP contribution in [0.5, 0.6) is 5.75 Å². The highest BCUT2D eigenvalue weighted by atomic mass is 32.2. The summed E-state index contributed by atoms with van der Waals surface area (Å²) < 4.78 is 7.46. The van der Waals surface area contributed by atoms with Crippen LogP contribution in [0, 0.1) is 0 Å². The number of anilines is 1. The topological polar surface area (TPSA) is 44.5 Å². The summed E-state index contributed by atoms with van der Waals surface area (Å²) in [5.74, 6) is 1.50. The maximum Gasteiger partial charge on any atom is 0.278 e. The van der Waals surface area contributed by atoms with Crippen molar-refractivity contribution in [2.75, 3.05) is 17.7 Å². The molecule has 5 heteroatoms. The van der Waals surface area contributed by atoms with Crippen LogP contribution in [-0.2, 0) is 0 Å². The molecule has 1 heterocycles. The molecule has 26 heavy (non-hydrogen) atoms. The lowest BCUT2D eigenvalue weighted by Gasteiger charge is -2.14. The molecular weight excluding hydrogens is 344 g/mol. The van der Waals surface area contributed by atoms with Gasteiger partial charge in [-0.25, -0.2) is 0 Å². The van der Waals surface area contributed by atoms with Crippen LogP contribution in [-0.4, -0.2) is 32.8 Å². The maximum absolute atomic E-state index is 10.8. The highest BCUT2D eigenvalue weighted by Crippen LogP contribution is 2.32. The molecule has 0 saturated heterocycles. The van der Waals surface area contributed by atoms with Crippen molar-refractivity contribution in [3.8, 4) is 5.75 Å². The number of rotatable bonds is 6. The Labute approximate surface area is 159 Å². The molecule has 4 nitrogen and oxygen atoms in total. The van der Waals surface area contributed by atoms with E-state index in [1.54, 1.807) is 11.8 Å². The molecule has 0 spiro atoms. The van der Waals surface area contributed by atoms with E-state index in [1.165, 1.54) is 0 Å². The van der Waals surface area contributed by atoms with Crippen LogP contribution in [0.1, 0.15) is 20.8 Å². The Hall–Kier alpha value is -2.24. The lowest BCUT2D eigenvalue weighted by atomic mass is 10.2. The minimum absolute atomic E-state index is 0.629. The van der Waals surface area contributed by atoms with Crippen molar-refractivity contribution in [3.05, 3.63) is 66.4 Å². The van der Waals surface area contributed by atoms with Gasteiger partial charge >= 0.3 is 0 Å². The Morgan fingerprint density at radius 3 is 2.58 bits per heavy atom. The molecule has 0 bridgehead atoms. The third-order valence-corrected chi connectivity index (χ3v) is 5.34. The highest BCUT2D eigenvalue weighted by molar-refractivity contribution is 8.14. The van der Waals surface area contributed by atoms with Crippen LogP contribution in [0.4, 0.5) is 11.4 Å². The standard InChI is InChI=1S/C21H24N2O2S/c1-4-25-19-12-10-17(11-13-19)22-16(2)14-20-23(21(3,24)15-26-20)18-8-6-5-7-9-18/h5-14,24H,4,15H2,1-3H3/p+1/t21-/m0/s1. The van der Waals surface area contributed by atoms with Crippen LogP contribution in [0.25, 0.3) is 0 Å². The van der Waals surface area contributed by atoms with Gasteiger partial charge < -0.3 is 15.2 Å². The van der Waals surface area contributed by atoms with Crippen LogP contribution in [0.3, 0.4) is 0 Å². The average molecular weight is 370 g/mol. The van der Waals surface area contributed by atoms with E-state index in [-0.39, 0.29) is 0 Å². The third kappa shape index (κ3) is 4.29. The van der Waals surface area contributed by atoms with E-state index in [0.29, 0.717) is 12.4 Å². The fourth-order valence-electron chi connectivity index (χ4n) is 2.92. The summed E-state index contributed by atoms with van der Waals surface area (Å²) in [6.07, 6.45) is 2.08. The van der Waals surface area contributed by atoms with Gasteiger partial charge in [0, 0.05) is 36.5 Å². The van der Waals surface area contributed by atoms with Crippen LogP contribution >= 0.6 is 11.8 Å². The van der Waals surface area contributed by atoms with Gasteiger partial charge in [-0.1, -0.05) is 18.2 Å². The monoisotopic (exact) mass is 369 g/mol. The number of hydrogen-bond donors (Lipinski definition) is 2. The first kappa shape index (κ1) is 18.5. The van der Waals surface area contributed by atoms with Gasteiger partial charge in [0.1, 0.15) is 5.75 Å². The Kier molecular flexibility index (Phi) is 5.69. The van der Waals surface area contributed by atoms with Gasteiger partial charge in [0.05, 0.1) is 12.4 Å². The second-order valence-corrected chi connectivity index (χ2v) is 7.42. The summed E-state index contributed by atoms with van der Waals surface area (Å²) in [4.78, 5) is 0. The van der Waals surface area contributed by atoms with E-state index in [1.807, 2.05) is 79.9 Å². The van der Waals surface area contributed by atoms with E-state index in [0.717, 1.165) is 27.9 Å². The Balaban J connectivity index is 1.84. The van der Waals surface area contributed by atoms with Gasteiger partial charge in [0.2, 0.25) is 10.7 Å². The molecule has 0 amide bonds. The SMILES string of the molecule is CCOc1ccc(N/C(C)=C/C2=[N+](c3ccccc3)[C@@](C)(O)CS2)cc1. The number of nitrogens with one attached hydrogen (secondary N) is 1. The van der Waals surface area contributed by atoms with E-state index < -0.39 is 5.72 Å².